The van der Waals surface area contributed by atoms with Crippen LogP contribution in [-0.4, -0.2) is 20.6 Å². The molecule has 0 radical (unpaired) electrons. The predicted octanol–water partition coefficient (Wildman–Crippen LogP) is 1.79. The third-order valence-corrected chi connectivity index (χ3v) is 4.17. The van der Waals surface area contributed by atoms with Crippen molar-refractivity contribution >= 4 is 11.7 Å². The average Bonchev–Trinajstić information content (AvgIpc) is 2.88. The molecule has 2 N–H and O–H groups in total. The van der Waals surface area contributed by atoms with Crippen LogP contribution in [-0.2, 0) is 13.5 Å². The van der Waals surface area contributed by atoms with Gasteiger partial charge >= 0.3 is 0 Å². The molecule has 0 spiro atoms. The Labute approximate surface area is 127 Å². The maximum atomic E-state index is 12.4. The highest BCUT2D eigenvalue weighted by atomic mass is 16.3. The summed E-state index contributed by atoms with van der Waals surface area (Å²) >= 11 is 0. The van der Waals surface area contributed by atoms with E-state index in [2.05, 4.69) is 10.3 Å². The van der Waals surface area contributed by atoms with Gasteiger partial charge in [-0.2, -0.15) is 0 Å². The van der Waals surface area contributed by atoms with Crippen LogP contribution in [0.4, 0.5) is 5.82 Å². The zero-order valence-corrected chi connectivity index (χ0v) is 12.5. The van der Waals surface area contributed by atoms with E-state index in [1.165, 1.54) is 4.57 Å². The van der Waals surface area contributed by atoms with Crippen molar-refractivity contribution in [1.82, 2.24) is 9.55 Å². The average molecular weight is 299 g/mol. The quantitative estimate of drug-likeness (QED) is 0.885. The number of carbonyl (C=O) groups excluding carboxylic acids is 1. The Morgan fingerprint density at radius 3 is 2.91 bits per heavy atom. The summed E-state index contributed by atoms with van der Waals surface area (Å²) in [5, 5.41) is 13.0. The van der Waals surface area contributed by atoms with Gasteiger partial charge in [0.2, 0.25) is 0 Å². The number of rotatable bonds is 2. The number of aromatic hydroxyl groups is 1. The number of hydrogen-bond acceptors (Lipinski definition) is 4. The molecule has 2 aromatic rings. The van der Waals surface area contributed by atoms with Gasteiger partial charge in [-0.15, -0.1) is 0 Å². The lowest BCUT2D eigenvalue weighted by atomic mass is 10.0. The van der Waals surface area contributed by atoms with Gasteiger partial charge < -0.3 is 15.0 Å². The first kappa shape index (κ1) is 14.3. The van der Waals surface area contributed by atoms with Gasteiger partial charge in [0.15, 0.2) is 0 Å². The Hall–Kier alpha value is -2.63. The monoisotopic (exact) mass is 299 g/mol. The molecule has 0 saturated heterocycles. The fourth-order valence-electron chi connectivity index (χ4n) is 2.98. The molecule has 1 atom stereocenters. The lowest BCUT2D eigenvalue weighted by molar-refractivity contribution is 0.102. The number of aromatic nitrogens is 2. The smallest absolute Gasteiger partial charge is 0.267 e. The Kier molecular flexibility index (Phi) is 3.44. The second kappa shape index (κ2) is 5.29. The van der Waals surface area contributed by atoms with E-state index in [0.29, 0.717) is 11.4 Å². The molecule has 0 fully saturated rings. The van der Waals surface area contributed by atoms with Crippen LogP contribution in [0.3, 0.4) is 0 Å². The van der Waals surface area contributed by atoms with E-state index < -0.39 is 11.5 Å². The predicted molar refractivity (Wildman–Crippen MR) is 82.3 cm³/mol. The SMILES string of the molecule is C[C@@H]1CCc2c1c(O)c(C(=O)Nc1ccccn1)c(=O)n2C. The van der Waals surface area contributed by atoms with Gasteiger partial charge in [0.1, 0.15) is 17.1 Å². The van der Waals surface area contributed by atoms with Crippen molar-refractivity contribution in [3.63, 3.8) is 0 Å². The highest BCUT2D eigenvalue weighted by Crippen LogP contribution is 2.39. The van der Waals surface area contributed by atoms with Crippen molar-refractivity contribution in [2.45, 2.75) is 25.7 Å². The Morgan fingerprint density at radius 1 is 1.45 bits per heavy atom. The minimum atomic E-state index is -0.640. The number of fused-ring (bicyclic) bond motifs is 1. The van der Waals surface area contributed by atoms with Gasteiger partial charge in [-0.05, 0) is 30.9 Å². The second-order valence-corrected chi connectivity index (χ2v) is 5.56. The van der Waals surface area contributed by atoms with E-state index in [4.69, 9.17) is 0 Å². The van der Waals surface area contributed by atoms with Gasteiger partial charge in [0, 0.05) is 24.5 Å². The van der Waals surface area contributed by atoms with Crippen LogP contribution in [0.5, 0.6) is 5.75 Å². The summed E-state index contributed by atoms with van der Waals surface area (Å²) in [5.74, 6) is -0.374. The number of amides is 1. The maximum Gasteiger partial charge on any atom is 0.267 e. The van der Waals surface area contributed by atoms with E-state index in [0.717, 1.165) is 18.5 Å². The van der Waals surface area contributed by atoms with Crippen molar-refractivity contribution in [1.29, 1.82) is 0 Å². The summed E-state index contributed by atoms with van der Waals surface area (Å²) in [7, 11) is 1.64. The number of hydrogen-bond donors (Lipinski definition) is 2. The van der Waals surface area contributed by atoms with E-state index in [1.807, 2.05) is 6.92 Å². The molecule has 1 aliphatic carbocycles. The molecule has 6 heteroatoms. The lowest BCUT2D eigenvalue weighted by Crippen LogP contribution is -2.30. The number of anilines is 1. The Bertz CT molecular complexity index is 797. The molecular weight excluding hydrogens is 282 g/mol. The second-order valence-electron chi connectivity index (χ2n) is 5.56. The van der Waals surface area contributed by atoms with E-state index in [1.54, 1.807) is 31.4 Å². The van der Waals surface area contributed by atoms with Crippen LogP contribution >= 0.6 is 0 Å². The normalized spacial score (nSPS) is 16.4. The third kappa shape index (κ3) is 2.16. The summed E-state index contributed by atoms with van der Waals surface area (Å²) in [6, 6.07) is 5.07. The van der Waals surface area contributed by atoms with Crippen LogP contribution in [0.2, 0.25) is 0 Å². The van der Waals surface area contributed by atoms with Crippen molar-refractivity contribution in [2.75, 3.05) is 5.32 Å². The van der Waals surface area contributed by atoms with Gasteiger partial charge in [-0.3, -0.25) is 9.59 Å². The number of carbonyl (C=O) groups is 1. The maximum absolute atomic E-state index is 12.4. The molecule has 0 aromatic carbocycles. The van der Waals surface area contributed by atoms with Gasteiger partial charge in [0.05, 0.1) is 0 Å². The third-order valence-electron chi connectivity index (χ3n) is 4.17. The molecule has 0 bridgehead atoms. The molecule has 6 nitrogen and oxygen atoms in total. The summed E-state index contributed by atoms with van der Waals surface area (Å²) in [6.45, 7) is 1.98. The van der Waals surface area contributed by atoms with Crippen molar-refractivity contribution in [2.24, 2.45) is 7.05 Å². The van der Waals surface area contributed by atoms with Crippen LogP contribution < -0.4 is 10.9 Å². The van der Waals surface area contributed by atoms with Crippen molar-refractivity contribution < 1.29 is 9.90 Å². The molecule has 1 amide bonds. The molecule has 0 unspecified atom stereocenters. The number of nitrogens with zero attached hydrogens (tertiary/aromatic N) is 2. The molecule has 0 aliphatic heterocycles. The minimum Gasteiger partial charge on any atom is -0.507 e. The lowest BCUT2D eigenvalue weighted by Gasteiger charge is -2.15. The van der Waals surface area contributed by atoms with Gasteiger partial charge in [-0.25, -0.2) is 4.98 Å². The fraction of sp³-hybridized carbons (Fsp3) is 0.312. The summed E-state index contributed by atoms with van der Waals surface area (Å²) < 4.78 is 1.46. The van der Waals surface area contributed by atoms with E-state index >= 15 is 0 Å². The summed E-state index contributed by atoms with van der Waals surface area (Å²) in [6.07, 6.45) is 3.14. The molecule has 0 saturated carbocycles. The number of nitrogens with one attached hydrogen (secondary N) is 1. The molecule has 1 aliphatic rings. The molecule has 22 heavy (non-hydrogen) atoms. The van der Waals surface area contributed by atoms with E-state index in [-0.39, 0.29) is 17.2 Å². The minimum absolute atomic E-state index is 0.128. The molecular formula is C16H17N3O3. The van der Waals surface area contributed by atoms with Gasteiger partial charge in [-0.1, -0.05) is 13.0 Å². The fourth-order valence-corrected chi connectivity index (χ4v) is 2.98. The first-order chi connectivity index (χ1) is 10.5. The first-order valence-electron chi connectivity index (χ1n) is 7.17. The van der Waals surface area contributed by atoms with Crippen LogP contribution in [0.1, 0.15) is 40.9 Å². The molecule has 2 heterocycles. The zero-order valence-electron chi connectivity index (χ0n) is 12.5. The Morgan fingerprint density at radius 2 is 2.23 bits per heavy atom. The first-order valence-corrected chi connectivity index (χ1v) is 7.17. The van der Waals surface area contributed by atoms with Gasteiger partial charge in [0.25, 0.3) is 11.5 Å². The van der Waals surface area contributed by atoms with Crippen LogP contribution in [0, 0.1) is 0 Å². The van der Waals surface area contributed by atoms with Crippen LogP contribution in [0.15, 0.2) is 29.2 Å². The number of pyridine rings is 2. The van der Waals surface area contributed by atoms with Crippen molar-refractivity contribution in [3.05, 3.63) is 51.6 Å². The van der Waals surface area contributed by atoms with E-state index in [9.17, 15) is 14.7 Å². The summed E-state index contributed by atoms with van der Waals surface area (Å²) in [4.78, 5) is 28.8. The molecule has 114 valence electrons. The Balaban J connectivity index is 2.08. The molecule has 3 rings (SSSR count). The molecule has 2 aromatic heterocycles. The summed E-state index contributed by atoms with van der Waals surface area (Å²) in [5.41, 5.74) is 0.803. The zero-order chi connectivity index (χ0) is 15.9. The van der Waals surface area contributed by atoms with Crippen molar-refractivity contribution in [3.8, 4) is 5.75 Å². The highest BCUT2D eigenvalue weighted by Gasteiger charge is 2.30. The standard InChI is InChI=1S/C16H17N3O3/c1-9-6-7-10-12(9)14(20)13(16(22)19(10)2)15(21)18-11-5-3-4-8-17-11/h3-5,8-9,20H,6-7H2,1-2H3,(H,17,18,21)/t9-/m1/s1. The van der Waals surface area contributed by atoms with Crippen LogP contribution in [0.25, 0.3) is 0 Å². The topological polar surface area (TPSA) is 84.2 Å². The highest BCUT2D eigenvalue weighted by molar-refractivity contribution is 6.05. The largest absolute Gasteiger partial charge is 0.507 e.